The molecule has 4 rings (SSSR count). The van der Waals surface area contributed by atoms with E-state index < -0.39 is 23.5 Å². The normalized spacial score (nSPS) is 14.8. The van der Waals surface area contributed by atoms with E-state index >= 15 is 0 Å². The van der Waals surface area contributed by atoms with Crippen molar-refractivity contribution in [2.45, 2.75) is 13.0 Å². The highest BCUT2D eigenvalue weighted by molar-refractivity contribution is 6.04. The van der Waals surface area contributed by atoms with Crippen LogP contribution in [0.2, 0.25) is 0 Å². The van der Waals surface area contributed by atoms with Gasteiger partial charge in [-0.1, -0.05) is 18.2 Å². The number of anilines is 2. The first-order valence-corrected chi connectivity index (χ1v) is 10.1. The summed E-state index contributed by atoms with van der Waals surface area (Å²) in [5.74, 6) is -1.19. The second kappa shape index (κ2) is 9.01. The lowest BCUT2D eigenvalue weighted by Gasteiger charge is -2.28. The molecule has 1 atom stereocenters. The molecule has 8 heteroatoms. The average molecular weight is 421 g/mol. The first kappa shape index (κ1) is 20.6. The van der Waals surface area contributed by atoms with Crippen LogP contribution in [0.15, 0.2) is 59.4 Å². The van der Waals surface area contributed by atoms with Crippen LogP contribution >= 0.6 is 0 Å². The van der Waals surface area contributed by atoms with E-state index in [1.807, 2.05) is 24.3 Å². The van der Waals surface area contributed by atoms with Crippen molar-refractivity contribution >= 4 is 34.2 Å². The molecule has 1 aliphatic rings. The third kappa shape index (κ3) is 4.75. The van der Waals surface area contributed by atoms with Crippen LogP contribution in [0.3, 0.4) is 0 Å². The van der Waals surface area contributed by atoms with E-state index in [2.05, 4.69) is 15.2 Å². The van der Waals surface area contributed by atoms with Gasteiger partial charge in [-0.25, -0.2) is 4.79 Å². The molecule has 1 aromatic heterocycles. The smallest absolute Gasteiger partial charge is 0.339 e. The van der Waals surface area contributed by atoms with Crippen LogP contribution in [0.4, 0.5) is 11.4 Å². The Balaban J connectivity index is 1.41. The number of rotatable bonds is 5. The molecule has 2 aromatic carbocycles. The number of carbonyl (C=O) groups is 2. The van der Waals surface area contributed by atoms with E-state index in [0.29, 0.717) is 29.8 Å². The predicted octanol–water partition coefficient (Wildman–Crippen LogP) is 2.55. The molecule has 0 spiro atoms. The zero-order chi connectivity index (χ0) is 21.8. The number of ether oxygens (including phenoxy) is 2. The van der Waals surface area contributed by atoms with E-state index in [9.17, 15) is 14.4 Å². The number of esters is 1. The highest BCUT2D eigenvalue weighted by atomic mass is 16.5. The lowest BCUT2D eigenvalue weighted by molar-refractivity contribution is -0.123. The highest BCUT2D eigenvalue weighted by Gasteiger charge is 2.21. The molecule has 8 nitrogen and oxygen atoms in total. The van der Waals surface area contributed by atoms with Crippen molar-refractivity contribution in [1.82, 2.24) is 4.98 Å². The van der Waals surface area contributed by atoms with Gasteiger partial charge in [0.2, 0.25) is 5.56 Å². The van der Waals surface area contributed by atoms with Gasteiger partial charge in [0.25, 0.3) is 5.91 Å². The Kier molecular flexibility index (Phi) is 5.99. The zero-order valence-corrected chi connectivity index (χ0v) is 17.1. The summed E-state index contributed by atoms with van der Waals surface area (Å²) in [4.78, 5) is 41.9. The largest absolute Gasteiger partial charge is 0.449 e. The molecular weight excluding hydrogens is 398 g/mol. The summed E-state index contributed by atoms with van der Waals surface area (Å²) in [6.45, 7) is 4.55. The number of nitrogens with one attached hydrogen (secondary N) is 2. The minimum Gasteiger partial charge on any atom is -0.449 e. The lowest BCUT2D eigenvalue weighted by Crippen LogP contribution is -2.36. The minimum absolute atomic E-state index is 0.119. The van der Waals surface area contributed by atoms with E-state index in [1.165, 1.54) is 13.0 Å². The Morgan fingerprint density at radius 2 is 1.81 bits per heavy atom. The molecule has 1 amide bonds. The molecule has 0 bridgehead atoms. The van der Waals surface area contributed by atoms with Crippen molar-refractivity contribution in [2.75, 3.05) is 36.5 Å². The minimum atomic E-state index is -1.04. The summed E-state index contributed by atoms with van der Waals surface area (Å²) < 4.78 is 10.7. The fraction of sp³-hybridized carbons (Fsp3) is 0.261. The third-order valence-corrected chi connectivity index (χ3v) is 5.13. The Bertz CT molecular complexity index is 1150. The zero-order valence-electron chi connectivity index (χ0n) is 17.1. The summed E-state index contributed by atoms with van der Waals surface area (Å²) in [5, 5.41) is 3.30. The number of aromatic nitrogens is 1. The van der Waals surface area contributed by atoms with Gasteiger partial charge >= 0.3 is 5.97 Å². The maximum Gasteiger partial charge on any atom is 0.339 e. The van der Waals surface area contributed by atoms with Crippen molar-refractivity contribution in [3.8, 4) is 0 Å². The van der Waals surface area contributed by atoms with Gasteiger partial charge in [-0.3, -0.25) is 9.59 Å². The number of H-pyrrole nitrogens is 1. The number of para-hydroxylation sites is 1. The van der Waals surface area contributed by atoms with Crippen LogP contribution in [0.25, 0.3) is 10.9 Å². The monoisotopic (exact) mass is 421 g/mol. The van der Waals surface area contributed by atoms with Gasteiger partial charge in [0.05, 0.1) is 18.8 Å². The SMILES string of the molecule is C[C@@H](OC(=O)c1cc(=O)[nH]c2ccccc12)C(=O)Nc1ccc(N2CCOCC2)cc1. The number of morpholine rings is 1. The fourth-order valence-electron chi connectivity index (χ4n) is 3.47. The first-order valence-electron chi connectivity index (χ1n) is 10.1. The Hall–Kier alpha value is -3.65. The second-order valence-corrected chi connectivity index (χ2v) is 7.28. The molecule has 31 heavy (non-hydrogen) atoms. The van der Waals surface area contributed by atoms with Crippen molar-refractivity contribution in [2.24, 2.45) is 0 Å². The average Bonchev–Trinajstić information content (AvgIpc) is 2.79. The summed E-state index contributed by atoms with van der Waals surface area (Å²) in [5.41, 5.74) is 1.89. The number of pyridine rings is 1. The fourth-order valence-corrected chi connectivity index (χ4v) is 3.47. The maximum absolute atomic E-state index is 12.6. The van der Waals surface area contributed by atoms with Crippen LogP contribution in [0.1, 0.15) is 17.3 Å². The van der Waals surface area contributed by atoms with Crippen LogP contribution in [0, 0.1) is 0 Å². The molecule has 2 N–H and O–H groups in total. The van der Waals surface area contributed by atoms with Crippen molar-refractivity contribution in [3.05, 3.63) is 70.5 Å². The van der Waals surface area contributed by atoms with E-state index in [0.717, 1.165) is 18.8 Å². The van der Waals surface area contributed by atoms with Gasteiger partial charge in [-0.2, -0.15) is 0 Å². The molecular formula is C23H23N3O5. The number of nitrogens with zero attached hydrogens (tertiary/aromatic N) is 1. The Morgan fingerprint density at radius 3 is 2.55 bits per heavy atom. The molecule has 0 radical (unpaired) electrons. The molecule has 3 aromatic rings. The molecule has 1 saturated heterocycles. The van der Waals surface area contributed by atoms with Gasteiger partial charge in [0.1, 0.15) is 0 Å². The molecule has 2 heterocycles. The number of fused-ring (bicyclic) bond motifs is 1. The molecule has 0 unspecified atom stereocenters. The van der Waals surface area contributed by atoms with Crippen LogP contribution in [-0.4, -0.2) is 49.3 Å². The number of carbonyl (C=O) groups excluding carboxylic acids is 2. The molecule has 0 saturated carbocycles. The van der Waals surface area contributed by atoms with E-state index in [1.54, 1.807) is 24.3 Å². The van der Waals surface area contributed by atoms with Gasteiger partial charge in [-0.05, 0) is 37.3 Å². The molecule has 160 valence electrons. The second-order valence-electron chi connectivity index (χ2n) is 7.28. The van der Waals surface area contributed by atoms with Crippen LogP contribution in [-0.2, 0) is 14.3 Å². The van der Waals surface area contributed by atoms with Gasteiger partial charge in [0, 0.05) is 41.4 Å². The Morgan fingerprint density at radius 1 is 1.10 bits per heavy atom. The number of aromatic amines is 1. The van der Waals surface area contributed by atoms with E-state index in [-0.39, 0.29) is 5.56 Å². The third-order valence-electron chi connectivity index (χ3n) is 5.13. The first-order chi connectivity index (χ1) is 15.0. The predicted molar refractivity (Wildman–Crippen MR) is 118 cm³/mol. The highest BCUT2D eigenvalue weighted by Crippen LogP contribution is 2.20. The summed E-state index contributed by atoms with van der Waals surface area (Å²) in [7, 11) is 0. The topological polar surface area (TPSA) is 101 Å². The number of hydrogen-bond acceptors (Lipinski definition) is 6. The van der Waals surface area contributed by atoms with Crippen LogP contribution in [0.5, 0.6) is 0 Å². The van der Waals surface area contributed by atoms with Crippen molar-refractivity contribution < 1.29 is 19.1 Å². The summed E-state index contributed by atoms with van der Waals surface area (Å²) in [6, 6.07) is 15.6. The maximum atomic E-state index is 12.6. The van der Waals surface area contributed by atoms with Crippen molar-refractivity contribution in [3.63, 3.8) is 0 Å². The molecule has 1 aliphatic heterocycles. The van der Waals surface area contributed by atoms with Crippen LogP contribution < -0.4 is 15.8 Å². The number of hydrogen-bond donors (Lipinski definition) is 2. The molecule has 0 aliphatic carbocycles. The standard InChI is InChI=1S/C23H23N3O5/c1-15(31-23(29)19-14-21(27)25-20-5-3-2-4-18(19)20)22(28)24-16-6-8-17(9-7-16)26-10-12-30-13-11-26/h2-9,14-15H,10-13H2,1H3,(H,24,28)(H,25,27)/t15-/m1/s1. The van der Waals surface area contributed by atoms with Gasteiger partial charge < -0.3 is 24.7 Å². The van der Waals surface area contributed by atoms with Gasteiger partial charge in [0.15, 0.2) is 6.10 Å². The number of benzene rings is 2. The molecule has 1 fully saturated rings. The summed E-state index contributed by atoms with van der Waals surface area (Å²) in [6.07, 6.45) is -1.04. The Labute approximate surface area is 178 Å². The van der Waals surface area contributed by atoms with Crippen molar-refractivity contribution in [1.29, 1.82) is 0 Å². The quantitative estimate of drug-likeness (QED) is 0.614. The van der Waals surface area contributed by atoms with E-state index in [4.69, 9.17) is 9.47 Å². The van der Waals surface area contributed by atoms with Gasteiger partial charge in [-0.15, -0.1) is 0 Å². The number of amides is 1. The lowest BCUT2D eigenvalue weighted by atomic mass is 10.1. The summed E-state index contributed by atoms with van der Waals surface area (Å²) >= 11 is 0.